The second-order valence-electron chi connectivity index (χ2n) is 5.55. The summed E-state index contributed by atoms with van der Waals surface area (Å²) < 4.78 is 16.0. The average Bonchev–Trinajstić information content (AvgIpc) is 2.50. The van der Waals surface area contributed by atoms with Crippen LogP contribution in [-0.4, -0.2) is 31.3 Å². The summed E-state index contributed by atoms with van der Waals surface area (Å²) in [5, 5.41) is 0. The summed E-state index contributed by atoms with van der Waals surface area (Å²) in [7, 11) is 0. The molecule has 5 nitrogen and oxygen atoms in total. The lowest BCUT2D eigenvalue weighted by atomic mass is 10.2. The first-order valence-corrected chi connectivity index (χ1v) is 7.36. The van der Waals surface area contributed by atoms with E-state index in [-0.39, 0.29) is 37.0 Å². The molecule has 0 heterocycles. The molecular formula is C17H23O5. The molecule has 0 N–H and O–H groups in total. The number of hydrogen-bond donors (Lipinski definition) is 0. The van der Waals surface area contributed by atoms with Crippen molar-refractivity contribution in [1.29, 1.82) is 0 Å². The van der Waals surface area contributed by atoms with Gasteiger partial charge in [0.1, 0.15) is 19.0 Å². The van der Waals surface area contributed by atoms with Gasteiger partial charge in [-0.1, -0.05) is 39.8 Å². The predicted molar refractivity (Wildman–Crippen MR) is 81.3 cm³/mol. The molecule has 0 aliphatic carbocycles. The number of esters is 2. The van der Waals surface area contributed by atoms with Crippen LogP contribution >= 0.6 is 0 Å². The lowest BCUT2D eigenvalue weighted by molar-refractivity contribution is -0.164. The first kappa shape index (κ1) is 18.0. The van der Waals surface area contributed by atoms with Crippen molar-refractivity contribution in [2.24, 2.45) is 11.8 Å². The molecule has 0 aliphatic rings. The Bertz CT molecular complexity index is 467. The Hall–Kier alpha value is -2.04. The average molecular weight is 307 g/mol. The highest BCUT2D eigenvalue weighted by atomic mass is 16.6. The molecule has 0 bridgehead atoms. The fourth-order valence-electron chi connectivity index (χ4n) is 1.41. The van der Waals surface area contributed by atoms with Gasteiger partial charge in [-0.15, -0.1) is 0 Å². The van der Waals surface area contributed by atoms with E-state index in [1.165, 1.54) is 0 Å². The predicted octanol–water partition coefficient (Wildman–Crippen LogP) is 2.63. The van der Waals surface area contributed by atoms with Crippen molar-refractivity contribution in [3.63, 3.8) is 0 Å². The molecule has 0 saturated heterocycles. The van der Waals surface area contributed by atoms with Crippen LogP contribution in [0.4, 0.5) is 0 Å². The van der Waals surface area contributed by atoms with Crippen molar-refractivity contribution < 1.29 is 23.8 Å². The maximum atomic E-state index is 11.7. The van der Waals surface area contributed by atoms with Crippen LogP contribution in [0.5, 0.6) is 5.75 Å². The van der Waals surface area contributed by atoms with Gasteiger partial charge in [0.25, 0.3) is 0 Å². The van der Waals surface area contributed by atoms with E-state index < -0.39 is 6.10 Å². The van der Waals surface area contributed by atoms with Crippen molar-refractivity contribution in [2.45, 2.75) is 33.8 Å². The minimum Gasteiger partial charge on any atom is -0.490 e. The van der Waals surface area contributed by atoms with Crippen LogP contribution in [0.3, 0.4) is 0 Å². The normalized spacial score (nSPS) is 12.1. The van der Waals surface area contributed by atoms with Crippen LogP contribution < -0.4 is 4.74 Å². The molecular weight excluding hydrogens is 284 g/mol. The van der Waals surface area contributed by atoms with Gasteiger partial charge in [0.05, 0.1) is 11.8 Å². The smallest absolute Gasteiger partial charge is 0.308 e. The minimum absolute atomic E-state index is 0.0218. The first-order chi connectivity index (χ1) is 10.4. The Balaban J connectivity index is 2.57. The van der Waals surface area contributed by atoms with Crippen molar-refractivity contribution in [3.05, 3.63) is 30.3 Å². The molecule has 0 spiro atoms. The molecule has 0 fully saturated rings. The summed E-state index contributed by atoms with van der Waals surface area (Å²) >= 11 is 0. The van der Waals surface area contributed by atoms with E-state index in [0.29, 0.717) is 5.75 Å². The van der Waals surface area contributed by atoms with Gasteiger partial charge in [0.2, 0.25) is 0 Å². The lowest BCUT2D eigenvalue weighted by Gasteiger charge is -2.20. The van der Waals surface area contributed by atoms with Crippen molar-refractivity contribution >= 4 is 11.9 Å². The number of hydrogen-bond acceptors (Lipinski definition) is 5. The largest absolute Gasteiger partial charge is 0.490 e. The molecule has 1 rings (SSSR count). The van der Waals surface area contributed by atoms with E-state index in [2.05, 4.69) is 6.07 Å². The Morgan fingerprint density at radius 1 is 1.09 bits per heavy atom. The summed E-state index contributed by atoms with van der Waals surface area (Å²) in [6.07, 6.45) is -0.641. The van der Waals surface area contributed by atoms with Crippen LogP contribution in [0.2, 0.25) is 0 Å². The van der Waals surface area contributed by atoms with Crippen LogP contribution in [0.25, 0.3) is 0 Å². The van der Waals surface area contributed by atoms with Gasteiger partial charge in [-0.2, -0.15) is 0 Å². The summed E-state index contributed by atoms with van der Waals surface area (Å²) in [6.45, 7) is 7.06. The van der Waals surface area contributed by atoms with Gasteiger partial charge in [-0.05, 0) is 18.2 Å². The van der Waals surface area contributed by atoms with Crippen molar-refractivity contribution in [1.82, 2.24) is 0 Å². The summed E-state index contributed by atoms with van der Waals surface area (Å²) in [4.78, 5) is 23.3. The fraction of sp³-hybridized carbons (Fsp3) is 0.529. The lowest BCUT2D eigenvalue weighted by Crippen LogP contribution is -2.33. The molecule has 0 aromatic heterocycles. The van der Waals surface area contributed by atoms with Crippen LogP contribution in [-0.2, 0) is 19.1 Å². The summed E-state index contributed by atoms with van der Waals surface area (Å²) in [5.41, 5.74) is 0. The topological polar surface area (TPSA) is 61.8 Å². The molecule has 0 aliphatic heterocycles. The first-order valence-electron chi connectivity index (χ1n) is 7.36. The third-order valence-corrected chi connectivity index (χ3v) is 2.75. The molecule has 0 amide bonds. The van der Waals surface area contributed by atoms with Crippen LogP contribution in [0.1, 0.15) is 27.7 Å². The summed E-state index contributed by atoms with van der Waals surface area (Å²) in [6, 6.07) is 9.90. The number of rotatable bonds is 8. The quantitative estimate of drug-likeness (QED) is 0.691. The van der Waals surface area contributed by atoms with E-state index in [1.807, 2.05) is 0 Å². The second-order valence-corrected chi connectivity index (χ2v) is 5.55. The highest BCUT2D eigenvalue weighted by molar-refractivity contribution is 5.72. The maximum Gasteiger partial charge on any atom is 0.308 e. The van der Waals surface area contributed by atoms with Crippen molar-refractivity contribution in [2.75, 3.05) is 13.2 Å². The third-order valence-electron chi connectivity index (χ3n) is 2.75. The fourth-order valence-corrected chi connectivity index (χ4v) is 1.41. The maximum absolute atomic E-state index is 11.7. The highest BCUT2D eigenvalue weighted by Crippen LogP contribution is 2.10. The number of ether oxygens (including phenoxy) is 3. The highest BCUT2D eigenvalue weighted by Gasteiger charge is 2.20. The number of carbonyl (C=O) groups is 2. The Kier molecular flexibility index (Phi) is 7.43. The zero-order valence-corrected chi connectivity index (χ0v) is 13.5. The van der Waals surface area contributed by atoms with E-state index in [9.17, 15) is 9.59 Å². The van der Waals surface area contributed by atoms with E-state index in [1.54, 1.807) is 52.0 Å². The van der Waals surface area contributed by atoms with Gasteiger partial charge in [-0.25, -0.2) is 0 Å². The van der Waals surface area contributed by atoms with Crippen LogP contribution in [0, 0.1) is 17.9 Å². The molecule has 1 aromatic carbocycles. The van der Waals surface area contributed by atoms with Gasteiger partial charge in [-0.3, -0.25) is 9.59 Å². The van der Waals surface area contributed by atoms with Gasteiger partial charge in [0.15, 0.2) is 6.10 Å². The Labute approximate surface area is 131 Å². The molecule has 121 valence electrons. The molecule has 1 aromatic rings. The molecule has 0 unspecified atom stereocenters. The minimum atomic E-state index is -0.641. The Morgan fingerprint density at radius 2 is 1.77 bits per heavy atom. The SMILES string of the molecule is CC(C)C(=O)OC[C@H](COc1c[c]ccc1)OC(=O)C(C)C. The third kappa shape index (κ3) is 6.61. The number of carbonyl (C=O) groups excluding carboxylic acids is 2. The zero-order chi connectivity index (χ0) is 16.5. The van der Waals surface area contributed by atoms with E-state index in [4.69, 9.17) is 14.2 Å². The molecule has 5 heteroatoms. The summed E-state index contributed by atoms with van der Waals surface area (Å²) in [5.74, 6) is -0.560. The van der Waals surface area contributed by atoms with Gasteiger partial charge in [0, 0.05) is 0 Å². The number of benzene rings is 1. The monoisotopic (exact) mass is 307 g/mol. The standard InChI is InChI=1S/C17H23O5/c1-12(2)16(18)21-11-15(22-17(19)13(3)4)10-20-14-8-6-5-7-9-14/h5-6,8-9,12-13,15H,10-11H2,1-4H3/t15-/m0/s1. The zero-order valence-electron chi connectivity index (χ0n) is 13.5. The molecule has 1 atom stereocenters. The second kappa shape index (κ2) is 9.07. The molecule has 22 heavy (non-hydrogen) atoms. The van der Waals surface area contributed by atoms with E-state index in [0.717, 1.165) is 0 Å². The van der Waals surface area contributed by atoms with Gasteiger partial charge < -0.3 is 14.2 Å². The molecule has 0 saturated carbocycles. The van der Waals surface area contributed by atoms with Crippen LogP contribution in [0.15, 0.2) is 24.3 Å². The molecule has 1 radical (unpaired) electrons. The van der Waals surface area contributed by atoms with Crippen molar-refractivity contribution in [3.8, 4) is 5.75 Å². The Morgan fingerprint density at radius 3 is 2.32 bits per heavy atom. The van der Waals surface area contributed by atoms with Gasteiger partial charge >= 0.3 is 11.9 Å². The van der Waals surface area contributed by atoms with E-state index >= 15 is 0 Å².